The number of carbonyl (C=O) groups is 2. The van der Waals surface area contributed by atoms with E-state index in [-0.39, 0.29) is 35.1 Å². The lowest BCUT2D eigenvalue weighted by atomic mass is 9.74. The average molecular weight is 488 g/mol. The SMILES string of the molecule is O=C(CN1CCN(C(=O)c2ccccc2OC(F)F)CC1)NCC1(c2ccccc2)CCOCC1. The third-order valence-electron chi connectivity index (χ3n) is 6.82. The zero-order valence-corrected chi connectivity index (χ0v) is 19.6. The van der Waals surface area contributed by atoms with Crippen molar-refractivity contribution in [2.24, 2.45) is 0 Å². The number of amides is 2. The molecule has 2 amide bonds. The molecule has 0 bridgehead atoms. The maximum absolute atomic E-state index is 12.9. The number of rotatable bonds is 8. The van der Waals surface area contributed by atoms with Crippen LogP contribution in [0.4, 0.5) is 8.78 Å². The Bertz CT molecular complexity index is 991. The van der Waals surface area contributed by atoms with Crippen LogP contribution in [0.5, 0.6) is 5.75 Å². The lowest BCUT2D eigenvalue weighted by Gasteiger charge is -2.38. The summed E-state index contributed by atoms with van der Waals surface area (Å²) in [5, 5.41) is 3.12. The van der Waals surface area contributed by atoms with Crippen molar-refractivity contribution in [2.75, 3.05) is 52.5 Å². The smallest absolute Gasteiger partial charge is 0.387 e. The number of hydrogen-bond acceptors (Lipinski definition) is 5. The fourth-order valence-corrected chi connectivity index (χ4v) is 4.77. The number of carbonyl (C=O) groups excluding carboxylic acids is 2. The van der Waals surface area contributed by atoms with Crippen LogP contribution in [0.2, 0.25) is 0 Å². The van der Waals surface area contributed by atoms with Crippen molar-refractivity contribution in [3.8, 4) is 5.75 Å². The lowest BCUT2D eigenvalue weighted by Crippen LogP contribution is -2.52. The van der Waals surface area contributed by atoms with E-state index in [1.165, 1.54) is 17.7 Å². The highest BCUT2D eigenvalue weighted by Gasteiger charge is 2.35. The van der Waals surface area contributed by atoms with Crippen LogP contribution in [0.15, 0.2) is 54.6 Å². The van der Waals surface area contributed by atoms with Gasteiger partial charge in [-0.05, 0) is 30.5 Å². The quantitative estimate of drug-likeness (QED) is 0.620. The maximum atomic E-state index is 12.9. The number of piperazine rings is 1. The largest absolute Gasteiger partial charge is 0.434 e. The molecule has 1 N–H and O–H groups in total. The Morgan fingerprint density at radius 2 is 1.63 bits per heavy atom. The van der Waals surface area contributed by atoms with Crippen LogP contribution in [0.1, 0.15) is 28.8 Å². The molecular weight excluding hydrogens is 456 g/mol. The molecule has 7 nitrogen and oxygen atoms in total. The van der Waals surface area contributed by atoms with Crippen molar-refractivity contribution in [1.29, 1.82) is 0 Å². The van der Waals surface area contributed by atoms with Gasteiger partial charge in [0.1, 0.15) is 5.75 Å². The maximum Gasteiger partial charge on any atom is 0.387 e. The summed E-state index contributed by atoms with van der Waals surface area (Å²) in [7, 11) is 0. The number of hydrogen-bond donors (Lipinski definition) is 1. The molecule has 0 atom stereocenters. The molecule has 0 spiro atoms. The van der Waals surface area contributed by atoms with Crippen molar-refractivity contribution < 1.29 is 27.8 Å². The van der Waals surface area contributed by atoms with Gasteiger partial charge >= 0.3 is 6.61 Å². The van der Waals surface area contributed by atoms with Gasteiger partial charge < -0.3 is 19.7 Å². The van der Waals surface area contributed by atoms with Crippen molar-refractivity contribution in [1.82, 2.24) is 15.1 Å². The Balaban J connectivity index is 1.28. The van der Waals surface area contributed by atoms with Gasteiger partial charge in [-0.2, -0.15) is 8.78 Å². The standard InChI is InChI=1S/C26H31F2N3O4/c27-25(28)35-22-9-5-4-8-21(22)24(33)31-14-12-30(13-15-31)18-23(32)29-19-26(10-16-34-17-11-26)20-6-2-1-3-7-20/h1-9,25H,10-19H2,(H,29,32). The highest BCUT2D eigenvalue weighted by Crippen LogP contribution is 2.34. The first-order valence-electron chi connectivity index (χ1n) is 11.9. The van der Waals surface area contributed by atoms with E-state index in [1.54, 1.807) is 17.0 Å². The van der Waals surface area contributed by atoms with E-state index >= 15 is 0 Å². The Hall–Kier alpha value is -3.04. The first-order chi connectivity index (χ1) is 17.0. The van der Waals surface area contributed by atoms with E-state index in [9.17, 15) is 18.4 Å². The normalized spacial score (nSPS) is 18.3. The van der Waals surface area contributed by atoms with E-state index in [0.29, 0.717) is 45.9 Å². The van der Waals surface area contributed by atoms with Crippen LogP contribution >= 0.6 is 0 Å². The summed E-state index contributed by atoms with van der Waals surface area (Å²) in [6, 6.07) is 16.3. The van der Waals surface area contributed by atoms with Gasteiger partial charge in [0.05, 0.1) is 12.1 Å². The first-order valence-corrected chi connectivity index (χ1v) is 11.9. The second kappa shape index (κ2) is 11.6. The summed E-state index contributed by atoms with van der Waals surface area (Å²) in [4.78, 5) is 29.2. The molecule has 4 rings (SSSR count). The highest BCUT2D eigenvalue weighted by atomic mass is 19.3. The summed E-state index contributed by atoms with van der Waals surface area (Å²) in [6.07, 6.45) is 1.71. The van der Waals surface area contributed by atoms with Crippen LogP contribution in [0.3, 0.4) is 0 Å². The first kappa shape index (κ1) is 25.1. The van der Waals surface area contributed by atoms with Gasteiger partial charge in [0.15, 0.2) is 0 Å². The fraction of sp³-hybridized carbons (Fsp3) is 0.462. The third kappa shape index (κ3) is 6.35. The lowest BCUT2D eigenvalue weighted by molar-refractivity contribution is -0.123. The van der Waals surface area contributed by atoms with E-state index in [4.69, 9.17) is 4.74 Å². The molecule has 0 unspecified atom stereocenters. The van der Waals surface area contributed by atoms with E-state index < -0.39 is 6.61 Å². The Morgan fingerprint density at radius 1 is 0.971 bits per heavy atom. The number of nitrogens with one attached hydrogen (secondary N) is 1. The molecule has 9 heteroatoms. The minimum absolute atomic E-state index is 0.0535. The Kier molecular flexibility index (Phi) is 8.30. The van der Waals surface area contributed by atoms with Crippen LogP contribution in [0.25, 0.3) is 0 Å². The number of ether oxygens (including phenoxy) is 2. The molecule has 2 aliphatic heterocycles. The van der Waals surface area contributed by atoms with Crippen molar-refractivity contribution in [3.63, 3.8) is 0 Å². The summed E-state index contributed by atoms with van der Waals surface area (Å²) in [5.41, 5.74) is 1.20. The van der Waals surface area contributed by atoms with Gasteiger partial charge in [-0.1, -0.05) is 42.5 Å². The molecule has 0 aromatic heterocycles. The fourth-order valence-electron chi connectivity index (χ4n) is 4.77. The summed E-state index contributed by atoms with van der Waals surface area (Å²) in [5.74, 6) is -0.535. The summed E-state index contributed by atoms with van der Waals surface area (Å²) < 4.78 is 35.4. The second-order valence-corrected chi connectivity index (χ2v) is 8.98. The molecule has 0 saturated carbocycles. The minimum atomic E-state index is -3.00. The molecule has 2 aromatic carbocycles. The Morgan fingerprint density at radius 3 is 2.31 bits per heavy atom. The van der Waals surface area contributed by atoms with Crippen LogP contribution in [0, 0.1) is 0 Å². The van der Waals surface area contributed by atoms with Crippen molar-refractivity contribution in [3.05, 3.63) is 65.7 Å². The molecule has 2 aliphatic rings. The molecule has 2 heterocycles. The highest BCUT2D eigenvalue weighted by molar-refractivity contribution is 5.97. The van der Waals surface area contributed by atoms with Gasteiger partial charge in [0.25, 0.3) is 5.91 Å². The molecular formula is C26H31F2N3O4. The summed E-state index contributed by atoms with van der Waals surface area (Å²) in [6.45, 7) is 0.997. The van der Waals surface area contributed by atoms with E-state index in [0.717, 1.165) is 12.8 Å². The van der Waals surface area contributed by atoms with Gasteiger partial charge in [0, 0.05) is 51.4 Å². The van der Waals surface area contributed by atoms with Crippen molar-refractivity contribution in [2.45, 2.75) is 24.9 Å². The van der Waals surface area contributed by atoms with Gasteiger partial charge in [-0.3, -0.25) is 14.5 Å². The number of nitrogens with zero attached hydrogens (tertiary/aromatic N) is 2. The average Bonchev–Trinajstić information content (AvgIpc) is 2.89. The number of halogens is 2. The third-order valence-corrected chi connectivity index (χ3v) is 6.82. The van der Waals surface area contributed by atoms with Crippen LogP contribution in [-0.2, 0) is 14.9 Å². The molecule has 0 radical (unpaired) electrons. The zero-order valence-electron chi connectivity index (χ0n) is 19.6. The van der Waals surface area contributed by atoms with Gasteiger partial charge in [-0.25, -0.2) is 0 Å². The van der Waals surface area contributed by atoms with Gasteiger partial charge in [0.2, 0.25) is 5.91 Å². The van der Waals surface area contributed by atoms with Crippen molar-refractivity contribution >= 4 is 11.8 Å². The summed E-state index contributed by atoms with van der Waals surface area (Å²) >= 11 is 0. The molecule has 2 saturated heterocycles. The van der Waals surface area contributed by atoms with Gasteiger partial charge in [-0.15, -0.1) is 0 Å². The van der Waals surface area contributed by atoms with Crippen LogP contribution < -0.4 is 10.1 Å². The Labute approximate surface area is 204 Å². The monoisotopic (exact) mass is 487 g/mol. The predicted octanol–water partition coefficient (Wildman–Crippen LogP) is 2.91. The van der Waals surface area contributed by atoms with E-state index in [1.807, 2.05) is 23.1 Å². The number of alkyl halides is 2. The zero-order chi connectivity index (χ0) is 24.7. The minimum Gasteiger partial charge on any atom is -0.434 e. The second-order valence-electron chi connectivity index (χ2n) is 8.98. The molecule has 35 heavy (non-hydrogen) atoms. The number of para-hydroxylation sites is 1. The van der Waals surface area contributed by atoms with Crippen LogP contribution in [-0.4, -0.2) is 80.7 Å². The topological polar surface area (TPSA) is 71.1 Å². The molecule has 2 fully saturated rings. The predicted molar refractivity (Wildman–Crippen MR) is 127 cm³/mol. The molecule has 2 aromatic rings. The van der Waals surface area contributed by atoms with E-state index in [2.05, 4.69) is 22.2 Å². The number of benzene rings is 2. The molecule has 188 valence electrons. The molecule has 0 aliphatic carbocycles.